The summed E-state index contributed by atoms with van der Waals surface area (Å²) in [5, 5.41) is 9.95. The summed E-state index contributed by atoms with van der Waals surface area (Å²) in [5.41, 5.74) is 0.899. The van der Waals surface area contributed by atoms with Gasteiger partial charge in [-0.3, -0.25) is 0 Å². The summed E-state index contributed by atoms with van der Waals surface area (Å²) in [5.74, 6) is 0.251. The molecule has 1 rings (SSSR count). The highest BCUT2D eigenvalue weighted by molar-refractivity contribution is 5.14. The molecule has 0 bridgehead atoms. The third kappa shape index (κ3) is 4.17. The van der Waals surface area contributed by atoms with Crippen molar-refractivity contribution in [3.8, 4) is 0 Å². The molecule has 1 atom stereocenters. The van der Waals surface area contributed by atoms with Crippen molar-refractivity contribution in [1.82, 2.24) is 4.57 Å². The highest BCUT2D eigenvalue weighted by atomic mass is 16.5. The maximum absolute atomic E-state index is 9.95. The Labute approximate surface area is 104 Å². The molecule has 0 amide bonds. The van der Waals surface area contributed by atoms with Crippen LogP contribution in [0.1, 0.15) is 45.8 Å². The highest BCUT2D eigenvalue weighted by Crippen LogP contribution is 2.22. The summed E-state index contributed by atoms with van der Waals surface area (Å²) >= 11 is 0. The van der Waals surface area contributed by atoms with Gasteiger partial charge in [-0.2, -0.15) is 0 Å². The Balaban J connectivity index is 2.57. The third-order valence-electron chi connectivity index (χ3n) is 3.27. The van der Waals surface area contributed by atoms with E-state index in [0.29, 0.717) is 0 Å². The van der Waals surface area contributed by atoms with Crippen LogP contribution in [-0.4, -0.2) is 22.4 Å². The molecule has 1 heterocycles. The molecule has 0 fully saturated rings. The van der Waals surface area contributed by atoms with Gasteiger partial charge in [0, 0.05) is 26.0 Å². The van der Waals surface area contributed by atoms with E-state index in [9.17, 15) is 5.11 Å². The number of aliphatic hydroxyl groups is 1. The minimum Gasteiger partial charge on any atom is -0.388 e. The van der Waals surface area contributed by atoms with Crippen LogP contribution in [0.15, 0.2) is 18.5 Å². The van der Waals surface area contributed by atoms with E-state index < -0.39 is 0 Å². The molecule has 0 aromatic carbocycles. The van der Waals surface area contributed by atoms with Crippen molar-refractivity contribution >= 4 is 0 Å². The summed E-state index contributed by atoms with van der Waals surface area (Å²) in [6.07, 6.45) is 4.63. The fraction of sp³-hybridized carbons (Fsp3) is 0.714. The molecule has 0 aliphatic carbocycles. The molecule has 3 nitrogen and oxygen atoms in total. The zero-order valence-corrected chi connectivity index (χ0v) is 11.6. The predicted molar refractivity (Wildman–Crippen MR) is 69.9 cm³/mol. The molecule has 0 saturated carbocycles. The van der Waals surface area contributed by atoms with Crippen LogP contribution < -0.4 is 0 Å². The lowest BCUT2D eigenvalue weighted by atomic mass is 10.0. The SMILES string of the molecule is COC(C)(C)CCn1ccc(C(O)C(C)C)c1. The summed E-state index contributed by atoms with van der Waals surface area (Å²) < 4.78 is 7.50. The number of ether oxygens (including phenoxy) is 1. The summed E-state index contributed by atoms with van der Waals surface area (Å²) in [6, 6.07) is 1.99. The number of aromatic nitrogens is 1. The number of hydrogen-bond donors (Lipinski definition) is 1. The second-order valence-electron chi connectivity index (χ2n) is 5.59. The maximum Gasteiger partial charge on any atom is 0.0827 e. The Kier molecular flexibility index (Phi) is 4.78. The fourth-order valence-corrected chi connectivity index (χ4v) is 1.66. The topological polar surface area (TPSA) is 34.4 Å². The van der Waals surface area contributed by atoms with Crippen LogP contribution in [0.3, 0.4) is 0 Å². The Bertz CT molecular complexity index is 342. The van der Waals surface area contributed by atoms with Crippen molar-refractivity contribution in [2.24, 2.45) is 5.92 Å². The number of aliphatic hydroxyl groups excluding tert-OH is 1. The molecule has 0 radical (unpaired) electrons. The van der Waals surface area contributed by atoms with Gasteiger partial charge in [0.05, 0.1) is 11.7 Å². The van der Waals surface area contributed by atoms with Crippen molar-refractivity contribution in [1.29, 1.82) is 0 Å². The van der Waals surface area contributed by atoms with Gasteiger partial charge < -0.3 is 14.4 Å². The molecule has 1 aromatic heterocycles. The lowest BCUT2D eigenvalue weighted by Gasteiger charge is -2.22. The van der Waals surface area contributed by atoms with Crippen molar-refractivity contribution in [3.63, 3.8) is 0 Å². The van der Waals surface area contributed by atoms with Gasteiger partial charge in [-0.05, 0) is 37.8 Å². The van der Waals surface area contributed by atoms with Crippen LogP contribution in [-0.2, 0) is 11.3 Å². The molecule has 1 unspecified atom stereocenters. The Morgan fingerprint density at radius 1 is 1.41 bits per heavy atom. The van der Waals surface area contributed by atoms with Crippen molar-refractivity contribution in [2.75, 3.05) is 7.11 Å². The number of hydrogen-bond acceptors (Lipinski definition) is 2. The Hall–Kier alpha value is -0.800. The summed E-state index contributed by atoms with van der Waals surface area (Å²) in [7, 11) is 1.74. The van der Waals surface area contributed by atoms with Gasteiger partial charge in [-0.15, -0.1) is 0 Å². The normalized spacial score (nSPS) is 14.3. The summed E-state index contributed by atoms with van der Waals surface area (Å²) in [6.45, 7) is 9.12. The average molecular weight is 239 g/mol. The number of rotatable bonds is 6. The molecule has 3 heteroatoms. The average Bonchev–Trinajstić information content (AvgIpc) is 2.74. The van der Waals surface area contributed by atoms with Crippen molar-refractivity contribution in [3.05, 3.63) is 24.0 Å². The zero-order valence-electron chi connectivity index (χ0n) is 11.6. The zero-order chi connectivity index (χ0) is 13.1. The first-order chi connectivity index (χ1) is 7.85. The van der Waals surface area contributed by atoms with Gasteiger partial charge in [-0.1, -0.05) is 13.8 Å². The van der Waals surface area contributed by atoms with Gasteiger partial charge in [0.2, 0.25) is 0 Å². The Morgan fingerprint density at radius 3 is 2.59 bits per heavy atom. The van der Waals surface area contributed by atoms with Gasteiger partial charge in [0.15, 0.2) is 0 Å². The Morgan fingerprint density at radius 2 is 2.06 bits per heavy atom. The van der Waals surface area contributed by atoms with Crippen molar-refractivity contribution < 1.29 is 9.84 Å². The van der Waals surface area contributed by atoms with E-state index in [0.717, 1.165) is 18.5 Å². The van der Waals surface area contributed by atoms with E-state index in [-0.39, 0.29) is 17.6 Å². The van der Waals surface area contributed by atoms with E-state index in [1.54, 1.807) is 7.11 Å². The van der Waals surface area contributed by atoms with E-state index in [1.165, 1.54) is 0 Å². The van der Waals surface area contributed by atoms with Crippen LogP contribution >= 0.6 is 0 Å². The van der Waals surface area contributed by atoms with Crippen molar-refractivity contribution in [2.45, 2.75) is 52.4 Å². The number of aryl methyl sites for hydroxylation is 1. The van der Waals surface area contributed by atoms with E-state index in [2.05, 4.69) is 18.4 Å². The third-order valence-corrected chi connectivity index (χ3v) is 3.27. The highest BCUT2D eigenvalue weighted by Gasteiger charge is 2.17. The van der Waals surface area contributed by atoms with Gasteiger partial charge >= 0.3 is 0 Å². The van der Waals surface area contributed by atoms with Gasteiger partial charge in [-0.25, -0.2) is 0 Å². The molecular weight excluding hydrogens is 214 g/mol. The first-order valence-corrected chi connectivity index (χ1v) is 6.24. The number of methoxy groups -OCH3 is 1. The van der Waals surface area contributed by atoms with E-state index in [4.69, 9.17) is 4.74 Å². The molecule has 0 aliphatic heterocycles. The van der Waals surface area contributed by atoms with Crippen LogP contribution in [0.25, 0.3) is 0 Å². The molecule has 1 N–H and O–H groups in total. The van der Waals surface area contributed by atoms with Crippen LogP contribution in [0.4, 0.5) is 0 Å². The fourth-order valence-electron chi connectivity index (χ4n) is 1.66. The van der Waals surface area contributed by atoms with Crippen LogP contribution in [0.5, 0.6) is 0 Å². The van der Waals surface area contributed by atoms with Crippen LogP contribution in [0, 0.1) is 5.92 Å². The number of nitrogens with zero attached hydrogens (tertiary/aromatic N) is 1. The van der Waals surface area contributed by atoms with Gasteiger partial charge in [0.1, 0.15) is 0 Å². The molecule has 0 spiro atoms. The molecule has 0 saturated heterocycles. The maximum atomic E-state index is 9.95. The summed E-state index contributed by atoms with van der Waals surface area (Å²) in [4.78, 5) is 0. The largest absolute Gasteiger partial charge is 0.388 e. The quantitative estimate of drug-likeness (QED) is 0.828. The molecule has 17 heavy (non-hydrogen) atoms. The minimum atomic E-state index is -0.369. The second-order valence-corrected chi connectivity index (χ2v) is 5.59. The monoisotopic (exact) mass is 239 g/mol. The molecule has 1 aromatic rings. The standard InChI is InChI=1S/C14H25NO2/c1-11(2)13(16)12-6-8-15(10-12)9-7-14(3,4)17-5/h6,8,10-11,13,16H,7,9H2,1-5H3. The van der Waals surface area contributed by atoms with Gasteiger partial charge in [0.25, 0.3) is 0 Å². The molecule has 0 aliphatic rings. The van der Waals surface area contributed by atoms with Crippen LogP contribution in [0.2, 0.25) is 0 Å². The van der Waals surface area contributed by atoms with E-state index >= 15 is 0 Å². The lowest BCUT2D eigenvalue weighted by molar-refractivity contribution is 0.0120. The van der Waals surface area contributed by atoms with E-state index in [1.807, 2.05) is 32.3 Å². The predicted octanol–water partition coefficient (Wildman–Crippen LogP) is 2.99. The smallest absolute Gasteiger partial charge is 0.0827 e. The lowest BCUT2D eigenvalue weighted by Crippen LogP contribution is -2.24. The molecule has 98 valence electrons. The first-order valence-electron chi connectivity index (χ1n) is 6.24. The first kappa shape index (κ1) is 14.3. The minimum absolute atomic E-state index is 0.0961. The molecular formula is C14H25NO2. The second kappa shape index (κ2) is 5.69.